The van der Waals surface area contributed by atoms with E-state index in [1.165, 1.54) is 23.3 Å². The third-order valence-corrected chi connectivity index (χ3v) is 7.33. The zero-order valence-electron chi connectivity index (χ0n) is 19.9. The van der Waals surface area contributed by atoms with Gasteiger partial charge < -0.3 is 0 Å². The summed E-state index contributed by atoms with van der Waals surface area (Å²) in [5.41, 5.74) is 2.24. The number of aryl methyl sites for hydroxylation is 1. The second-order valence-corrected chi connectivity index (χ2v) is 9.63. The second-order valence-electron chi connectivity index (χ2n) is 9.63. The van der Waals surface area contributed by atoms with Gasteiger partial charge in [0.25, 0.3) is 0 Å². The lowest BCUT2D eigenvalue weighted by Crippen LogP contribution is -2.37. The molecule has 0 spiro atoms. The van der Waals surface area contributed by atoms with E-state index in [1.54, 1.807) is 12.1 Å². The van der Waals surface area contributed by atoms with Gasteiger partial charge in [0.15, 0.2) is 0 Å². The lowest BCUT2D eigenvalue weighted by atomic mass is 9.81. The molecule has 184 valence electrons. The number of carbonyl (C=O) groups excluding carboxylic acids is 1. The molecular weight excluding hydrogens is 464 g/mol. The van der Waals surface area contributed by atoms with E-state index in [0.717, 1.165) is 18.4 Å². The SMILES string of the molecule is Cc1nn(CC2CCC(C(=O)N3OCC[C@H]3c3cc(F)cc(C#N)c3)CC2)c2cc(C#N)c(F)cc12. The van der Waals surface area contributed by atoms with E-state index in [2.05, 4.69) is 5.10 Å². The predicted octanol–water partition coefficient (Wildman–Crippen LogP) is 5.08. The highest BCUT2D eigenvalue weighted by Crippen LogP contribution is 2.37. The molecule has 2 aliphatic rings. The van der Waals surface area contributed by atoms with Gasteiger partial charge >= 0.3 is 0 Å². The summed E-state index contributed by atoms with van der Waals surface area (Å²) in [5.74, 6) is -1.05. The van der Waals surface area contributed by atoms with Gasteiger partial charge in [-0.05, 0) is 74.4 Å². The summed E-state index contributed by atoms with van der Waals surface area (Å²) in [6, 6.07) is 10.5. The summed E-state index contributed by atoms with van der Waals surface area (Å²) < 4.78 is 29.9. The number of carbonyl (C=O) groups is 1. The van der Waals surface area contributed by atoms with Gasteiger partial charge in [-0.1, -0.05) is 0 Å². The van der Waals surface area contributed by atoms with Crippen LogP contribution in [0.25, 0.3) is 10.9 Å². The number of nitrogens with zero attached hydrogens (tertiary/aromatic N) is 5. The Hall–Kier alpha value is -3.82. The molecule has 1 saturated heterocycles. The normalized spacial score (nSPS) is 21.9. The molecule has 0 N–H and O–H groups in total. The van der Waals surface area contributed by atoms with Gasteiger partial charge in [-0.15, -0.1) is 0 Å². The minimum absolute atomic E-state index is 0.00156. The van der Waals surface area contributed by atoms with Crippen molar-refractivity contribution in [3.63, 3.8) is 0 Å². The van der Waals surface area contributed by atoms with Crippen molar-refractivity contribution in [2.24, 2.45) is 11.8 Å². The van der Waals surface area contributed by atoms with Crippen LogP contribution in [-0.2, 0) is 16.2 Å². The summed E-state index contributed by atoms with van der Waals surface area (Å²) >= 11 is 0. The van der Waals surface area contributed by atoms with Crippen molar-refractivity contribution >= 4 is 16.8 Å². The maximum Gasteiger partial charge on any atom is 0.249 e. The van der Waals surface area contributed by atoms with E-state index in [4.69, 9.17) is 4.84 Å². The summed E-state index contributed by atoms with van der Waals surface area (Å²) in [6.07, 6.45) is 3.57. The standard InChI is InChI=1S/C27H25F2N5O2/c1-16-23-12-24(29)21(14-31)11-26(23)33(32-16)15-17-2-4-19(5-3-17)27(35)34-25(6-7-36-34)20-8-18(13-30)9-22(28)10-20/h8-12,17,19,25H,2-7,15H2,1H3/t17?,19?,25-/m0/s1. The molecule has 1 aromatic heterocycles. The highest BCUT2D eigenvalue weighted by molar-refractivity contribution is 5.83. The van der Waals surface area contributed by atoms with Gasteiger partial charge in [0.1, 0.15) is 17.7 Å². The fourth-order valence-electron chi connectivity index (χ4n) is 5.45. The topological polar surface area (TPSA) is 94.9 Å². The van der Waals surface area contributed by atoms with Crippen LogP contribution in [0.15, 0.2) is 30.3 Å². The smallest absolute Gasteiger partial charge is 0.249 e. The van der Waals surface area contributed by atoms with Crippen molar-refractivity contribution < 1.29 is 18.4 Å². The Morgan fingerprint density at radius 2 is 1.86 bits per heavy atom. The Labute approximate surface area is 207 Å². The van der Waals surface area contributed by atoms with Crippen molar-refractivity contribution in [2.75, 3.05) is 6.61 Å². The fraction of sp³-hybridized carbons (Fsp3) is 0.407. The Morgan fingerprint density at radius 1 is 1.08 bits per heavy atom. The largest absolute Gasteiger partial charge is 0.272 e. The van der Waals surface area contributed by atoms with Crippen LogP contribution in [0.5, 0.6) is 0 Å². The number of hydroxylamine groups is 2. The minimum Gasteiger partial charge on any atom is -0.272 e. The van der Waals surface area contributed by atoms with E-state index < -0.39 is 17.7 Å². The number of fused-ring (bicyclic) bond motifs is 1. The third kappa shape index (κ3) is 4.43. The monoisotopic (exact) mass is 489 g/mol. The molecule has 2 heterocycles. The Kier molecular flexibility index (Phi) is 6.42. The van der Waals surface area contributed by atoms with Crippen molar-refractivity contribution in [3.05, 3.63) is 64.4 Å². The van der Waals surface area contributed by atoms with Crippen LogP contribution in [0, 0.1) is 53.1 Å². The zero-order valence-corrected chi connectivity index (χ0v) is 19.9. The van der Waals surface area contributed by atoms with Gasteiger partial charge in [0, 0.05) is 24.3 Å². The van der Waals surface area contributed by atoms with Crippen LogP contribution in [0.2, 0.25) is 0 Å². The maximum absolute atomic E-state index is 14.1. The maximum atomic E-state index is 14.1. The van der Waals surface area contributed by atoms with E-state index >= 15 is 0 Å². The zero-order chi connectivity index (χ0) is 25.4. The van der Waals surface area contributed by atoms with Crippen LogP contribution >= 0.6 is 0 Å². The molecule has 1 saturated carbocycles. The first-order chi connectivity index (χ1) is 17.4. The second kappa shape index (κ2) is 9.67. The molecule has 3 aromatic rings. The summed E-state index contributed by atoms with van der Waals surface area (Å²) in [4.78, 5) is 19.0. The first kappa shape index (κ1) is 23.9. The number of amides is 1. The molecule has 1 amide bonds. The van der Waals surface area contributed by atoms with E-state index in [-0.39, 0.29) is 23.0 Å². The molecule has 0 radical (unpaired) electrons. The number of hydrogen-bond donors (Lipinski definition) is 0. The molecule has 2 fully saturated rings. The number of halogens is 2. The van der Waals surface area contributed by atoms with Crippen molar-refractivity contribution in [3.8, 4) is 12.1 Å². The quantitative estimate of drug-likeness (QED) is 0.510. The van der Waals surface area contributed by atoms with Crippen LogP contribution in [-0.4, -0.2) is 27.4 Å². The average molecular weight is 490 g/mol. The summed E-state index contributed by atoms with van der Waals surface area (Å²) in [7, 11) is 0. The number of benzene rings is 2. The highest BCUT2D eigenvalue weighted by Gasteiger charge is 2.37. The van der Waals surface area contributed by atoms with E-state index in [9.17, 15) is 24.1 Å². The number of nitriles is 2. The van der Waals surface area contributed by atoms with Gasteiger partial charge in [-0.2, -0.15) is 15.6 Å². The molecule has 1 atom stereocenters. The van der Waals surface area contributed by atoms with Gasteiger partial charge in [0.2, 0.25) is 5.91 Å². The Balaban J connectivity index is 1.26. The van der Waals surface area contributed by atoms with Gasteiger partial charge in [-0.3, -0.25) is 14.3 Å². The molecule has 1 aliphatic carbocycles. The van der Waals surface area contributed by atoms with Crippen molar-refractivity contribution in [1.82, 2.24) is 14.8 Å². The molecule has 36 heavy (non-hydrogen) atoms. The Morgan fingerprint density at radius 3 is 2.58 bits per heavy atom. The molecule has 9 heteroatoms. The lowest BCUT2D eigenvalue weighted by Gasteiger charge is -2.32. The number of rotatable bonds is 4. The first-order valence-corrected chi connectivity index (χ1v) is 12.1. The van der Waals surface area contributed by atoms with Crippen LogP contribution in [0.1, 0.15) is 60.5 Å². The molecule has 0 unspecified atom stereocenters. The van der Waals surface area contributed by atoms with E-state index in [0.29, 0.717) is 55.0 Å². The summed E-state index contributed by atoms with van der Waals surface area (Å²) in [5, 5.41) is 25.0. The van der Waals surface area contributed by atoms with Crippen LogP contribution in [0.4, 0.5) is 8.78 Å². The fourth-order valence-corrected chi connectivity index (χ4v) is 5.45. The molecule has 5 rings (SSSR count). The van der Waals surface area contributed by atoms with Crippen LogP contribution < -0.4 is 0 Å². The average Bonchev–Trinajstić information content (AvgIpc) is 3.48. The van der Waals surface area contributed by atoms with Crippen molar-refractivity contribution in [1.29, 1.82) is 10.5 Å². The van der Waals surface area contributed by atoms with Crippen molar-refractivity contribution in [2.45, 2.75) is 51.6 Å². The summed E-state index contributed by atoms with van der Waals surface area (Å²) in [6.45, 7) is 2.82. The van der Waals surface area contributed by atoms with Crippen LogP contribution in [0.3, 0.4) is 0 Å². The van der Waals surface area contributed by atoms with Gasteiger partial charge in [0.05, 0.1) is 41.1 Å². The molecule has 1 aliphatic heterocycles. The predicted molar refractivity (Wildman–Crippen MR) is 126 cm³/mol. The molecule has 7 nitrogen and oxygen atoms in total. The first-order valence-electron chi connectivity index (χ1n) is 12.1. The molecular formula is C27H25F2N5O2. The van der Waals surface area contributed by atoms with E-state index in [1.807, 2.05) is 23.7 Å². The van der Waals surface area contributed by atoms with Gasteiger partial charge in [-0.25, -0.2) is 13.8 Å². The minimum atomic E-state index is -0.545. The lowest BCUT2D eigenvalue weighted by molar-refractivity contribution is -0.183. The molecule has 2 aromatic carbocycles. The number of aromatic nitrogens is 2. The third-order valence-electron chi connectivity index (χ3n) is 7.33. The highest BCUT2D eigenvalue weighted by atomic mass is 19.1. The number of hydrogen-bond acceptors (Lipinski definition) is 5. The Bertz CT molecular complexity index is 1410. The molecule has 0 bridgehead atoms.